The van der Waals surface area contributed by atoms with Gasteiger partial charge in [0.2, 0.25) is 5.91 Å². The maximum absolute atomic E-state index is 13.3. The summed E-state index contributed by atoms with van der Waals surface area (Å²) in [5.74, 6) is -0.704. The number of hydrogen-bond acceptors (Lipinski definition) is 2. The molecule has 4 rings (SSSR count). The summed E-state index contributed by atoms with van der Waals surface area (Å²) >= 11 is 12.3. The normalized spacial score (nSPS) is 12.8. The first-order chi connectivity index (χ1) is 15.9. The maximum atomic E-state index is 13.3. The molecule has 0 spiro atoms. The van der Waals surface area contributed by atoms with E-state index in [0.29, 0.717) is 22.0 Å². The van der Waals surface area contributed by atoms with Crippen LogP contribution in [0.3, 0.4) is 0 Å². The van der Waals surface area contributed by atoms with Crippen molar-refractivity contribution >= 4 is 45.9 Å². The third-order valence-electron chi connectivity index (χ3n) is 5.55. The summed E-state index contributed by atoms with van der Waals surface area (Å²) in [5.41, 5.74) is 3.09. The van der Waals surface area contributed by atoms with Crippen LogP contribution in [-0.4, -0.2) is 22.8 Å². The number of aromatic nitrogens is 1. The van der Waals surface area contributed by atoms with Crippen LogP contribution in [0.1, 0.15) is 34.5 Å². The van der Waals surface area contributed by atoms with Crippen LogP contribution in [0, 0.1) is 0 Å². The molecule has 0 unspecified atom stereocenters. The molecule has 1 aromatic heterocycles. The Morgan fingerprint density at radius 2 is 1.70 bits per heavy atom. The summed E-state index contributed by atoms with van der Waals surface area (Å²) in [6.45, 7) is 1.88. The maximum Gasteiger partial charge on any atom is 0.253 e. The van der Waals surface area contributed by atoms with Crippen LogP contribution in [0.4, 0.5) is 0 Å². The molecule has 0 saturated heterocycles. The molecule has 1 heterocycles. The minimum atomic E-state index is -0.811. The topological polar surface area (TPSA) is 74.0 Å². The molecular weight excluding hydrogens is 457 g/mol. The van der Waals surface area contributed by atoms with Gasteiger partial charge in [-0.2, -0.15) is 0 Å². The molecule has 0 bridgehead atoms. The van der Waals surface area contributed by atoms with Gasteiger partial charge in [0.15, 0.2) is 0 Å². The number of benzene rings is 3. The van der Waals surface area contributed by atoms with Crippen LogP contribution >= 0.6 is 23.2 Å². The van der Waals surface area contributed by atoms with Crippen molar-refractivity contribution in [3.63, 3.8) is 0 Å². The lowest BCUT2D eigenvalue weighted by atomic mass is 10.0. The van der Waals surface area contributed by atoms with Gasteiger partial charge in [0.05, 0.1) is 16.6 Å². The second-order valence-corrected chi connectivity index (χ2v) is 8.70. The highest BCUT2D eigenvalue weighted by Crippen LogP contribution is 2.21. The molecule has 168 valence electrons. The zero-order valence-corrected chi connectivity index (χ0v) is 19.5. The molecule has 0 fully saturated rings. The van der Waals surface area contributed by atoms with Crippen molar-refractivity contribution in [1.29, 1.82) is 0 Å². The third-order valence-corrected chi connectivity index (χ3v) is 6.11. The number of hydrogen-bond donors (Lipinski definition) is 3. The summed E-state index contributed by atoms with van der Waals surface area (Å²) in [4.78, 5) is 29.5. The quantitative estimate of drug-likeness (QED) is 0.318. The molecule has 4 aromatic rings. The van der Waals surface area contributed by atoms with E-state index in [1.54, 1.807) is 30.3 Å². The SMILES string of the molecule is C[C@@H](NC(=O)[C@H](Cc1c[nH]c2ccccc12)NC(=O)c1ccccc1Cl)c1cccc(Cl)c1. The summed E-state index contributed by atoms with van der Waals surface area (Å²) < 4.78 is 0. The average Bonchev–Trinajstić information content (AvgIpc) is 3.21. The zero-order chi connectivity index (χ0) is 23.4. The number of H-pyrrole nitrogens is 1. The smallest absolute Gasteiger partial charge is 0.253 e. The number of para-hydroxylation sites is 1. The van der Waals surface area contributed by atoms with E-state index in [9.17, 15) is 9.59 Å². The van der Waals surface area contributed by atoms with Crippen LogP contribution in [0.15, 0.2) is 79.0 Å². The number of nitrogens with one attached hydrogen (secondary N) is 3. The highest BCUT2D eigenvalue weighted by atomic mass is 35.5. The van der Waals surface area contributed by atoms with E-state index in [0.717, 1.165) is 22.0 Å². The molecule has 3 N–H and O–H groups in total. The van der Waals surface area contributed by atoms with E-state index in [1.807, 2.05) is 55.6 Å². The van der Waals surface area contributed by atoms with Crippen LogP contribution in [0.25, 0.3) is 10.9 Å². The highest BCUT2D eigenvalue weighted by molar-refractivity contribution is 6.33. The van der Waals surface area contributed by atoms with Gasteiger partial charge in [-0.1, -0.05) is 65.7 Å². The minimum Gasteiger partial charge on any atom is -0.361 e. The van der Waals surface area contributed by atoms with Crippen LogP contribution in [-0.2, 0) is 11.2 Å². The molecule has 0 aliphatic carbocycles. The van der Waals surface area contributed by atoms with E-state index in [-0.39, 0.29) is 11.9 Å². The van der Waals surface area contributed by atoms with Crippen molar-refractivity contribution in [3.05, 3.63) is 106 Å². The first-order valence-corrected chi connectivity index (χ1v) is 11.3. The molecule has 0 radical (unpaired) electrons. The van der Waals surface area contributed by atoms with Gasteiger partial charge in [0.1, 0.15) is 6.04 Å². The van der Waals surface area contributed by atoms with Crippen molar-refractivity contribution in [1.82, 2.24) is 15.6 Å². The van der Waals surface area contributed by atoms with Crippen LogP contribution in [0.5, 0.6) is 0 Å². The van der Waals surface area contributed by atoms with E-state index in [1.165, 1.54) is 0 Å². The lowest BCUT2D eigenvalue weighted by molar-refractivity contribution is -0.123. The molecule has 0 aliphatic rings. The predicted molar refractivity (Wildman–Crippen MR) is 133 cm³/mol. The van der Waals surface area contributed by atoms with E-state index in [4.69, 9.17) is 23.2 Å². The van der Waals surface area contributed by atoms with Crippen molar-refractivity contribution in [2.24, 2.45) is 0 Å². The van der Waals surface area contributed by atoms with Crippen molar-refractivity contribution in [2.75, 3.05) is 0 Å². The van der Waals surface area contributed by atoms with Gasteiger partial charge >= 0.3 is 0 Å². The average molecular weight is 480 g/mol. The van der Waals surface area contributed by atoms with Crippen LogP contribution in [0.2, 0.25) is 10.0 Å². The number of aromatic amines is 1. The number of rotatable bonds is 7. The Kier molecular flexibility index (Phi) is 7.02. The van der Waals surface area contributed by atoms with Gasteiger partial charge < -0.3 is 15.6 Å². The summed E-state index contributed by atoms with van der Waals surface area (Å²) in [6, 6.07) is 20.8. The number of amides is 2. The minimum absolute atomic E-state index is 0.293. The standard InChI is InChI=1S/C26H23Cl2N3O2/c1-16(17-7-6-8-19(27)13-17)30-26(33)24(31-25(32)21-10-2-4-11-22(21)28)14-18-15-29-23-12-5-3-9-20(18)23/h2-13,15-16,24,29H,14H2,1H3,(H,30,33)(H,31,32)/t16-,24+/m1/s1. The third kappa shape index (κ3) is 5.38. The van der Waals surface area contributed by atoms with Crippen LogP contribution < -0.4 is 10.6 Å². The first kappa shape index (κ1) is 22.9. The second kappa shape index (κ2) is 10.1. The Balaban J connectivity index is 1.59. The van der Waals surface area contributed by atoms with Gasteiger partial charge in [-0.05, 0) is 48.4 Å². The Morgan fingerprint density at radius 1 is 0.939 bits per heavy atom. The lowest BCUT2D eigenvalue weighted by Crippen LogP contribution is -2.48. The van der Waals surface area contributed by atoms with Crippen molar-refractivity contribution < 1.29 is 9.59 Å². The van der Waals surface area contributed by atoms with Gasteiger partial charge in [-0.25, -0.2) is 0 Å². The fraction of sp³-hybridized carbons (Fsp3) is 0.154. The van der Waals surface area contributed by atoms with Gasteiger partial charge in [-0.15, -0.1) is 0 Å². The van der Waals surface area contributed by atoms with E-state index < -0.39 is 11.9 Å². The Labute approximate surface area is 202 Å². The van der Waals surface area contributed by atoms with Crippen molar-refractivity contribution in [3.8, 4) is 0 Å². The summed E-state index contributed by atoms with van der Waals surface area (Å²) in [5, 5.41) is 7.80. The van der Waals surface area contributed by atoms with Gasteiger partial charge in [0.25, 0.3) is 5.91 Å². The zero-order valence-electron chi connectivity index (χ0n) is 17.9. The number of halogens is 2. The Hall–Kier alpha value is -3.28. The van der Waals surface area contributed by atoms with Gasteiger partial charge in [0, 0.05) is 28.5 Å². The van der Waals surface area contributed by atoms with E-state index >= 15 is 0 Å². The lowest BCUT2D eigenvalue weighted by Gasteiger charge is -2.22. The summed E-state index contributed by atoms with van der Waals surface area (Å²) in [6.07, 6.45) is 2.18. The van der Waals surface area contributed by atoms with Crippen molar-refractivity contribution in [2.45, 2.75) is 25.4 Å². The molecule has 2 amide bonds. The summed E-state index contributed by atoms with van der Waals surface area (Å²) in [7, 11) is 0. The Bertz CT molecular complexity index is 1300. The number of carbonyl (C=O) groups excluding carboxylic acids is 2. The molecule has 2 atom stereocenters. The molecule has 33 heavy (non-hydrogen) atoms. The van der Waals surface area contributed by atoms with E-state index in [2.05, 4.69) is 15.6 Å². The monoisotopic (exact) mass is 479 g/mol. The Morgan fingerprint density at radius 3 is 2.48 bits per heavy atom. The molecular formula is C26H23Cl2N3O2. The highest BCUT2D eigenvalue weighted by Gasteiger charge is 2.25. The van der Waals surface area contributed by atoms with Gasteiger partial charge in [-0.3, -0.25) is 9.59 Å². The number of carbonyl (C=O) groups is 2. The first-order valence-electron chi connectivity index (χ1n) is 10.6. The number of fused-ring (bicyclic) bond motifs is 1. The predicted octanol–water partition coefficient (Wildman–Crippen LogP) is 5.69. The molecule has 0 aliphatic heterocycles. The fourth-order valence-electron chi connectivity index (χ4n) is 3.78. The molecule has 7 heteroatoms. The second-order valence-electron chi connectivity index (χ2n) is 7.85. The molecule has 3 aromatic carbocycles. The largest absolute Gasteiger partial charge is 0.361 e. The molecule has 5 nitrogen and oxygen atoms in total. The molecule has 0 saturated carbocycles. The fourth-order valence-corrected chi connectivity index (χ4v) is 4.20.